The smallest absolute Gasteiger partial charge is 0.123 e. The Morgan fingerprint density at radius 3 is 2.85 bits per heavy atom. The summed E-state index contributed by atoms with van der Waals surface area (Å²) in [4.78, 5) is 0. The summed E-state index contributed by atoms with van der Waals surface area (Å²) < 4.78 is 18.6. The van der Waals surface area contributed by atoms with Crippen LogP contribution in [0.15, 0.2) is 18.2 Å². The highest BCUT2D eigenvalue weighted by molar-refractivity contribution is 5.32. The van der Waals surface area contributed by atoms with Gasteiger partial charge in [-0.3, -0.25) is 5.32 Å². The Morgan fingerprint density at radius 2 is 2.25 bits per heavy atom. The lowest BCUT2D eigenvalue weighted by molar-refractivity contribution is 0.282. The fourth-order valence-corrected chi connectivity index (χ4v) is 2.22. The Labute approximate surface area is 119 Å². The first-order valence-electron chi connectivity index (χ1n) is 7.10. The highest BCUT2D eigenvalue weighted by Gasteiger charge is 2.31. The molecule has 1 atom stereocenters. The number of hydrogen-bond donors (Lipinski definition) is 1. The maximum absolute atomic E-state index is 13.0. The van der Waals surface area contributed by atoms with Crippen molar-refractivity contribution in [3.05, 3.63) is 29.6 Å². The molecule has 3 nitrogen and oxygen atoms in total. The lowest BCUT2D eigenvalue weighted by Crippen LogP contribution is -2.42. The summed E-state index contributed by atoms with van der Waals surface area (Å²) >= 11 is 0. The van der Waals surface area contributed by atoms with Crippen molar-refractivity contribution in [3.8, 4) is 11.8 Å². The van der Waals surface area contributed by atoms with Gasteiger partial charge in [0, 0.05) is 6.04 Å². The van der Waals surface area contributed by atoms with Gasteiger partial charge in [-0.1, -0.05) is 0 Å². The second kappa shape index (κ2) is 6.23. The van der Waals surface area contributed by atoms with Crippen molar-refractivity contribution >= 4 is 0 Å². The van der Waals surface area contributed by atoms with Gasteiger partial charge in [-0.2, -0.15) is 5.26 Å². The number of nitrogens with one attached hydrogen (secondary N) is 1. The molecular weight excluding hydrogens is 255 g/mol. The Bertz CT molecular complexity index is 508. The third-order valence-corrected chi connectivity index (χ3v) is 3.56. The first-order chi connectivity index (χ1) is 9.52. The predicted molar refractivity (Wildman–Crippen MR) is 76.0 cm³/mol. The fourth-order valence-electron chi connectivity index (χ4n) is 2.22. The van der Waals surface area contributed by atoms with Crippen LogP contribution in [0.3, 0.4) is 0 Å². The van der Waals surface area contributed by atoms with E-state index in [0.717, 1.165) is 18.4 Å². The minimum absolute atomic E-state index is 0.250. The minimum atomic E-state index is -0.470. The molecule has 0 saturated heterocycles. The lowest BCUT2D eigenvalue weighted by atomic mass is 9.98. The van der Waals surface area contributed by atoms with E-state index < -0.39 is 5.54 Å². The summed E-state index contributed by atoms with van der Waals surface area (Å²) in [7, 11) is 0. The molecule has 0 bridgehead atoms. The Morgan fingerprint density at radius 1 is 1.50 bits per heavy atom. The Hall–Kier alpha value is -1.60. The molecule has 1 N–H and O–H groups in total. The van der Waals surface area contributed by atoms with Crippen molar-refractivity contribution < 1.29 is 9.13 Å². The number of aryl methyl sites for hydroxylation is 1. The van der Waals surface area contributed by atoms with E-state index in [4.69, 9.17) is 4.74 Å². The van der Waals surface area contributed by atoms with Crippen LogP contribution >= 0.6 is 0 Å². The molecule has 1 aromatic carbocycles. The molecule has 4 heteroatoms. The number of ether oxygens (including phenoxy) is 1. The summed E-state index contributed by atoms with van der Waals surface area (Å²) in [6, 6.07) is 7.38. The largest absolute Gasteiger partial charge is 0.493 e. The fraction of sp³-hybridized carbons (Fsp3) is 0.562. The van der Waals surface area contributed by atoms with Crippen molar-refractivity contribution in [1.82, 2.24) is 5.32 Å². The van der Waals surface area contributed by atoms with Gasteiger partial charge in [0.25, 0.3) is 0 Å². The van der Waals surface area contributed by atoms with E-state index >= 15 is 0 Å². The Kier molecular flexibility index (Phi) is 4.61. The maximum atomic E-state index is 13.0. The molecule has 20 heavy (non-hydrogen) atoms. The standard InChI is InChI=1S/C16H21FN2O/c1-12-10-13(17)4-7-15(12)20-9-3-8-16(2,11-18)19-14-5-6-14/h4,7,10,14,19H,3,5-6,8-9H2,1-2H3. The van der Waals surface area contributed by atoms with Gasteiger partial charge in [-0.15, -0.1) is 0 Å². The molecule has 0 aromatic heterocycles. The van der Waals surface area contributed by atoms with Crippen LogP contribution in [0.1, 0.15) is 38.2 Å². The van der Waals surface area contributed by atoms with Crippen LogP contribution < -0.4 is 10.1 Å². The van der Waals surface area contributed by atoms with Gasteiger partial charge in [0.05, 0.1) is 12.7 Å². The molecule has 0 amide bonds. The molecule has 0 radical (unpaired) electrons. The van der Waals surface area contributed by atoms with Crippen LogP contribution in [0, 0.1) is 24.1 Å². The monoisotopic (exact) mass is 276 g/mol. The van der Waals surface area contributed by atoms with E-state index in [9.17, 15) is 9.65 Å². The van der Waals surface area contributed by atoms with E-state index in [0.29, 0.717) is 18.4 Å². The third-order valence-electron chi connectivity index (χ3n) is 3.56. The van der Waals surface area contributed by atoms with Crippen molar-refractivity contribution in [2.45, 2.75) is 51.1 Å². The molecule has 2 rings (SSSR count). The summed E-state index contributed by atoms with van der Waals surface area (Å²) in [6.07, 6.45) is 3.88. The number of benzene rings is 1. The van der Waals surface area contributed by atoms with Gasteiger partial charge < -0.3 is 4.74 Å². The third kappa shape index (κ3) is 4.21. The van der Waals surface area contributed by atoms with E-state index in [2.05, 4.69) is 11.4 Å². The topological polar surface area (TPSA) is 45.0 Å². The van der Waals surface area contributed by atoms with E-state index in [-0.39, 0.29) is 5.82 Å². The van der Waals surface area contributed by atoms with Gasteiger partial charge in [0.15, 0.2) is 0 Å². The molecule has 1 aromatic rings. The first-order valence-corrected chi connectivity index (χ1v) is 7.10. The van der Waals surface area contributed by atoms with Gasteiger partial charge >= 0.3 is 0 Å². The highest BCUT2D eigenvalue weighted by atomic mass is 19.1. The zero-order chi connectivity index (χ0) is 14.6. The number of nitriles is 1. The molecule has 0 spiro atoms. The minimum Gasteiger partial charge on any atom is -0.493 e. The van der Waals surface area contributed by atoms with Gasteiger partial charge in [0.1, 0.15) is 17.1 Å². The molecule has 1 fully saturated rings. The van der Waals surface area contributed by atoms with Crippen molar-refractivity contribution in [2.75, 3.05) is 6.61 Å². The molecule has 1 unspecified atom stereocenters. The van der Waals surface area contributed by atoms with Crippen LogP contribution in [-0.2, 0) is 0 Å². The number of nitrogens with zero attached hydrogens (tertiary/aromatic N) is 1. The SMILES string of the molecule is Cc1cc(F)ccc1OCCCC(C)(C#N)NC1CC1. The molecular formula is C16H21FN2O. The summed E-state index contributed by atoms with van der Waals surface area (Å²) in [5.74, 6) is 0.459. The second-order valence-corrected chi connectivity index (χ2v) is 5.72. The average Bonchev–Trinajstić information content (AvgIpc) is 3.20. The maximum Gasteiger partial charge on any atom is 0.123 e. The second-order valence-electron chi connectivity index (χ2n) is 5.72. The van der Waals surface area contributed by atoms with Crippen LogP contribution in [0.25, 0.3) is 0 Å². The van der Waals surface area contributed by atoms with E-state index in [1.54, 1.807) is 6.07 Å². The lowest BCUT2D eigenvalue weighted by Gasteiger charge is -2.23. The summed E-state index contributed by atoms with van der Waals surface area (Å²) in [6.45, 7) is 4.30. The van der Waals surface area contributed by atoms with Gasteiger partial charge in [0.2, 0.25) is 0 Å². The van der Waals surface area contributed by atoms with Crippen LogP contribution in [0.5, 0.6) is 5.75 Å². The normalized spacial score (nSPS) is 17.3. The molecule has 1 aliphatic rings. The zero-order valence-corrected chi connectivity index (χ0v) is 12.1. The van der Waals surface area contributed by atoms with Crippen molar-refractivity contribution in [3.63, 3.8) is 0 Å². The van der Waals surface area contributed by atoms with E-state index in [1.807, 2.05) is 13.8 Å². The summed E-state index contributed by atoms with van der Waals surface area (Å²) in [5.41, 5.74) is 0.326. The van der Waals surface area contributed by atoms with Crippen LogP contribution in [-0.4, -0.2) is 18.2 Å². The average molecular weight is 276 g/mol. The number of hydrogen-bond acceptors (Lipinski definition) is 3. The Balaban J connectivity index is 1.76. The van der Waals surface area contributed by atoms with Crippen LogP contribution in [0.2, 0.25) is 0 Å². The molecule has 1 saturated carbocycles. The van der Waals surface area contributed by atoms with Gasteiger partial charge in [-0.05, 0) is 63.3 Å². The first kappa shape index (κ1) is 14.8. The summed E-state index contributed by atoms with van der Waals surface area (Å²) in [5, 5.41) is 12.6. The van der Waals surface area contributed by atoms with Crippen molar-refractivity contribution in [1.29, 1.82) is 5.26 Å². The molecule has 0 aliphatic heterocycles. The number of halogens is 1. The predicted octanol–water partition coefficient (Wildman–Crippen LogP) is 3.33. The van der Waals surface area contributed by atoms with E-state index in [1.165, 1.54) is 25.0 Å². The molecule has 108 valence electrons. The van der Waals surface area contributed by atoms with Crippen LogP contribution in [0.4, 0.5) is 4.39 Å². The molecule has 0 heterocycles. The zero-order valence-electron chi connectivity index (χ0n) is 12.1. The highest BCUT2D eigenvalue weighted by Crippen LogP contribution is 2.25. The number of rotatable bonds is 7. The van der Waals surface area contributed by atoms with Crippen molar-refractivity contribution in [2.24, 2.45) is 0 Å². The van der Waals surface area contributed by atoms with Gasteiger partial charge in [-0.25, -0.2) is 4.39 Å². The molecule has 1 aliphatic carbocycles. The quantitative estimate of drug-likeness (QED) is 0.777.